The van der Waals surface area contributed by atoms with Gasteiger partial charge in [-0.15, -0.1) is 0 Å². The summed E-state index contributed by atoms with van der Waals surface area (Å²) in [6.07, 6.45) is 7.94. The Labute approximate surface area is 238 Å². The maximum atomic E-state index is 2.43. The summed E-state index contributed by atoms with van der Waals surface area (Å²) < 4.78 is 0.421. The Hall–Kier alpha value is -2.13. The summed E-state index contributed by atoms with van der Waals surface area (Å²) in [5.74, 6) is 0. The predicted molar refractivity (Wildman–Crippen MR) is 142 cm³/mol. The molecule has 1 heterocycles. The number of rotatable bonds is 3. The summed E-state index contributed by atoms with van der Waals surface area (Å²) in [6, 6.07) is 29.9. The van der Waals surface area contributed by atoms with Crippen LogP contribution < -0.4 is 45.6 Å². The van der Waals surface area contributed by atoms with Gasteiger partial charge in [-0.25, -0.2) is 0 Å². The number of halogens is 2. The summed E-state index contributed by atoms with van der Waals surface area (Å²) in [7, 11) is -2.19. The molecule has 7 rings (SSSR count). The van der Waals surface area contributed by atoms with Crippen LogP contribution in [0.4, 0.5) is 0 Å². The van der Waals surface area contributed by atoms with Gasteiger partial charge in [0.15, 0.2) is 0 Å². The van der Waals surface area contributed by atoms with E-state index >= 15 is 0 Å². The van der Waals surface area contributed by atoms with E-state index in [9.17, 15) is 0 Å². The average Bonchev–Trinajstić information content (AvgIpc) is 3.13. The van der Waals surface area contributed by atoms with Gasteiger partial charge in [0.1, 0.15) is 0 Å². The van der Waals surface area contributed by atoms with E-state index in [-0.39, 0.29) is 24.8 Å². The van der Waals surface area contributed by atoms with Crippen LogP contribution in [0, 0.1) is 13.8 Å². The van der Waals surface area contributed by atoms with Gasteiger partial charge in [-0.2, -0.15) is 0 Å². The molecule has 0 amide bonds. The molecule has 0 fully saturated rings. The van der Waals surface area contributed by atoms with E-state index in [1.165, 1.54) is 43.8 Å². The SMILES string of the molecule is Cc1ccc2c(c1)[CH]([Ti+2])c1c(C3=CC=CC3)c(C)c3c(c1-2)[Si]3(c1ccccc1)c1ccccc1.[Cl-].[Cl-]. The van der Waals surface area contributed by atoms with E-state index in [1.54, 1.807) is 21.5 Å². The number of aryl methyl sites for hydroxylation is 1. The van der Waals surface area contributed by atoms with Crippen LogP contribution in [0.1, 0.15) is 38.5 Å². The zero-order valence-corrected chi connectivity index (χ0v) is 24.4. The van der Waals surface area contributed by atoms with Crippen LogP contribution >= 0.6 is 0 Å². The van der Waals surface area contributed by atoms with Crippen LogP contribution in [-0.4, -0.2) is 8.07 Å². The Morgan fingerprint density at radius 1 is 0.778 bits per heavy atom. The quantitative estimate of drug-likeness (QED) is 0.250. The normalized spacial score (nSPS) is 17.3. The molecule has 4 heteroatoms. The van der Waals surface area contributed by atoms with Crippen molar-refractivity contribution in [1.29, 1.82) is 0 Å². The number of benzene rings is 4. The molecule has 0 nitrogen and oxygen atoms in total. The first-order chi connectivity index (χ1) is 16.6. The smallest absolute Gasteiger partial charge is 1.00 e. The van der Waals surface area contributed by atoms with Crippen molar-refractivity contribution in [3.63, 3.8) is 0 Å². The topological polar surface area (TPSA) is 0 Å². The van der Waals surface area contributed by atoms with Crippen molar-refractivity contribution in [3.05, 3.63) is 125 Å². The molecule has 1 atom stereocenters. The Bertz CT molecular complexity index is 1520. The van der Waals surface area contributed by atoms with Gasteiger partial charge in [-0.3, -0.25) is 0 Å². The van der Waals surface area contributed by atoms with Crippen LogP contribution in [0.15, 0.2) is 97.1 Å². The van der Waals surface area contributed by atoms with Gasteiger partial charge in [0.25, 0.3) is 0 Å². The third kappa shape index (κ3) is 3.30. The molecule has 0 saturated heterocycles. The first-order valence-corrected chi connectivity index (χ1v) is 15.0. The largest absolute Gasteiger partial charge is 1.00 e. The zero-order chi connectivity index (χ0) is 23.0. The van der Waals surface area contributed by atoms with Crippen molar-refractivity contribution < 1.29 is 45.2 Å². The Balaban J connectivity index is 0.00000133. The third-order valence-electron chi connectivity index (χ3n) is 8.06. The fourth-order valence-corrected chi connectivity index (χ4v) is 13.0. The Kier molecular flexibility index (Phi) is 6.60. The number of allylic oxidation sites excluding steroid dienone is 4. The number of hydrogen-bond donors (Lipinski definition) is 0. The molecule has 0 bridgehead atoms. The van der Waals surface area contributed by atoms with E-state index in [2.05, 4.69) is 131 Å². The van der Waals surface area contributed by atoms with E-state index in [1.807, 2.05) is 0 Å². The van der Waals surface area contributed by atoms with E-state index in [0.717, 1.165) is 6.42 Å². The molecule has 1 unspecified atom stereocenters. The van der Waals surface area contributed by atoms with Crippen molar-refractivity contribution in [1.82, 2.24) is 0 Å². The van der Waals surface area contributed by atoms with Gasteiger partial charge in [0.2, 0.25) is 0 Å². The average molecular weight is 556 g/mol. The summed E-state index contributed by atoms with van der Waals surface area (Å²) in [5.41, 5.74) is 12.0. The molecular weight excluding hydrogens is 531 g/mol. The second-order valence-corrected chi connectivity index (χ2v) is 14.4. The van der Waals surface area contributed by atoms with Gasteiger partial charge in [0, 0.05) is 0 Å². The van der Waals surface area contributed by atoms with Gasteiger partial charge in [0.05, 0.1) is 0 Å². The second kappa shape index (κ2) is 9.31. The van der Waals surface area contributed by atoms with E-state index < -0.39 is 8.07 Å². The van der Waals surface area contributed by atoms with Crippen LogP contribution in [0.25, 0.3) is 16.7 Å². The summed E-state index contributed by atoms with van der Waals surface area (Å²) >= 11 is 2.43. The van der Waals surface area contributed by atoms with E-state index in [0.29, 0.717) is 4.22 Å². The standard InChI is InChI=1S/C32H25Si.2ClH.Ti/c1-21-17-18-27-24(19-21)20-28-29(23-11-9-10-12-23)22(2)31-32(30(27)28)33(31,25-13-5-3-6-14-25)26-15-7-4-8-16-26;;;/h3-11,13-20H,12H2,1-2H3;2*1H;/q;;;+2/p-2. The minimum absolute atomic E-state index is 0. The molecule has 36 heavy (non-hydrogen) atoms. The summed E-state index contributed by atoms with van der Waals surface area (Å²) in [5, 5.41) is 6.37. The summed E-state index contributed by atoms with van der Waals surface area (Å²) in [4.78, 5) is 0. The molecule has 175 valence electrons. The molecular formula is C32H25Cl2SiTi. The molecule has 0 radical (unpaired) electrons. The maximum Gasteiger partial charge on any atom is -1.00 e. The second-order valence-electron chi connectivity index (χ2n) is 9.87. The fraction of sp³-hybridized carbons (Fsp3) is 0.125. The van der Waals surface area contributed by atoms with Crippen molar-refractivity contribution in [2.24, 2.45) is 0 Å². The zero-order valence-electron chi connectivity index (χ0n) is 20.3. The third-order valence-corrected chi connectivity index (χ3v) is 13.8. The van der Waals surface area contributed by atoms with Crippen molar-refractivity contribution >= 4 is 34.4 Å². The van der Waals surface area contributed by atoms with Gasteiger partial charge < -0.3 is 24.8 Å². The van der Waals surface area contributed by atoms with Crippen LogP contribution in [0.2, 0.25) is 0 Å². The first kappa shape index (κ1) is 25.5. The van der Waals surface area contributed by atoms with Crippen LogP contribution in [-0.2, 0) is 20.4 Å². The fourth-order valence-electron chi connectivity index (χ4n) is 6.69. The Morgan fingerprint density at radius 3 is 2.00 bits per heavy atom. The van der Waals surface area contributed by atoms with Gasteiger partial charge in [-0.05, 0) is 0 Å². The maximum absolute atomic E-state index is 2.43. The first-order valence-electron chi connectivity index (χ1n) is 12.1. The van der Waals surface area contributed by atoms with E-state index in [4.69, 9.17) is 0 Å². The minimum atomic E-state index is -2.19. The molecule has 4 aromatic rings. The number of fused-ring (bicyclic) bond motifs is 5. The van der Waals surface area contributed by atoms with Crippen molar-refractivity contribution in [2.75, 3.05) is 0 Å². The van der Waals surface area contributed by atoms with Gasteiger partial charge >= 0.3 is 215 Å². The molecule has 0 spiro atoms. The van der Waals surface area contributed by atoms with Crippen LogP contribution in [0.3, 0.4) is 0 Å². The molecule has 0 saturated carbocycles. The number of hydrogen-bond acceptors (Lipinski definition) is 0. The van der Waals surface area contributed by atoms with Crippen molar-refractivity contribution in [2.45, 2.75) is 24.5 Å². The molecule has 3 aliphatic rings. The van der Waals surface area contributed by atoms with Crippen molar-refractivity contribution in [3.8, 4) is 11.1 Å². The molecule has 4 aromatic carbocycles. The van der Waals surface area contributed by atoms with Crippen LogP contribution in [0.5, 0.6) is 0 Å². The minimum Gasteiger partial charge on any atom is -1.00 e. The molecule has 2 aliphatic carbocycles. The molecule has 1 aliphatic heterocycles. The Morgan fingerprint density at radius 2 is 1.42 bits per heavy atom. The summed E-state index contributed by atoms with van der Waals surface area (Å²) in [6.45, 7) is 4.64. The predicted octanol–water partition coefficient (Wildman–Crippen LogP) is -1.04. The van der Waals surface area contributed by atoms with Gasteiger partial charge in [-0.1, -0.05) is 0 Å². The molecule has 0 N–H and O–H groups in total. The molecule has 0 aromatic heterocycles. The monoisotopic (exact) mass is 555 g/mol.